The first-order valence-electron chi connectivity index (χ1n) is 8.55. The smallest absolute Gasteiger partial charge is 0.0744 e. The molecule has 3 atom stereocenters. The molecule has 4 heteroatoms. The molecule has 0 aromatic carbocycles. The molecule has 0 amide bonds. The molecule has 3 fully saturated rings. The Kier molecular flexibility index (Phi) is 4.97. The maximum atomic E-state index is 6.21. The zero-order valence-electron chi connectivity index (χ0n) is 12.6. The van der Waals surface area contributed by atoms with Crippen LogP contribution < -0.4 is 11.3 Å². The standard InChI is InChI=1S/C16H30N2O2/c17-18-15(14-6-2-5-10-19-14)13-7-11-20-16(12-13)8-3-1-4-9-16/h13-15,18H,1-12,17H2. The van der Waals surface area contributed by atoms with Crippen molar-refractivity contribution in [3.63, 3.8) is 0 Å². The number of hydrazine groups is 1. The summed E-state index contributed by atoms with van der Waals surface area (Å²) in [6.07, 6.45) is 12.7. The fourth-order valence-corrected chi connectivity index (χ4v) is 4.51. The van der Waals surface area contributed by atoms with E-state index in [-0.39, 0.29) is 5.60 Å². The maximum Gasteiger partial charge on any atom is 0.0744 e. The van der Waals surface area contributed by atoms with Gasteiger partial charge in [-0.1, -0.05) is 19.3 Å². The van der Waals surface area contributed by atoms with Crippen molar-refractivity contribution in [2.75, 3.05) is 13.2 Å². The van der Waals surface area contributed by atoms with Crippen LogP contribution in [0.5, 0.6) is 0 Å². The van der Waals surface area contributed by atoms with Crippen molar-refractivity contribution < 1.29 is 9.47 Å². The molecule has 3 N–H and O–H groups in total. The van der Waals surface area contributed by atoms with Gasteiger partial charge < -0.3 is 9.47 Å². The van der Waals surface area contributed by atoms with E-state index in [4.69, 9.17) is 15.3 Å². The van der Waals surface area contributed by atoms with Gasteiger partial charge in [0.25, 0.3) is 0 Å². The summed E-state index contributed by atoms with van der Waals surface area (Å²) in [6, 6.07) is 0.304. The van der Waals surface area contributed by atoms with Crippen LogP contribution in [0.25, 0.3) is 0 Å². The number of nitrogens with two attached hydrogens (primary N) is 1. The van der Waals surface area contributed by atoms with Crippen molar-refractivity contribution in [1.29, 1.82) is 0 Å². The molecule has 1 spiro atoms. The zero-order chi connectivity index (χ0) is 13.8. The molecule has 4 nitrogen and oxygen atoms in total. The lowest BCUT2D eigenvalue weighted by atomic mass is 9.73. The molecule has 1 aliphatic carbocycles. The minimum Gasteiger partial charge on any atom is -0.377 e. The highest BCUT2D eigenvalue weighted by atomic mass is 16.5. The Morgan fingerprint density at radius 3 is 2.55 bits per heavy atom. The molecule has 2 heterocycles. The maximum absolute atomic E-state index is 6.21. The van der Waals surface area contributed by atoms with E-state index in [0.29, 0.717) is 18.1 Å². The van der Waals surface area contributed by atoms with Crippen molar-refractivity contribution in [2.24, 2.45) is 11.8 Å². The molecule has 0 aromatic rings. The van der Waals surface area contributed by atoms with Crippen LogP contribution in [-0.4, -0.2) is 31.0 Å². The van der Waals surface area contributed by atoms with Gasteiger partial charge in [0, 0.05) is 13.2 Å². The summed E-state index contributed by atoms with van der Waals surface area (Å²) in [4.78, 5) is 0. The van der Waals surface area contributed by atoms with Crippen LogP contribution >= 0.6 is 0 Å². The fraction of sp³-hybridized carbons (Fsp3) is 1.00. The Balaban J connectivity index is 1.64. The second-order valence-corrected chi connectivity index (χ2v) is 6.94. The van der Waals surface area contributed by atoms with Gasteiger partial charge in [-0.25, -0.2) is 0 Å². The monoisotopic (exact) mass is 282 g/mol. The number of hydrogen-bond acceptors (Lipinski definition) is 4. The Bertz CT molecular complexity index is 293. The molecule has 2 saturated heterocycles. The number of rotatable bonds is 3. The quantitative estimate of drug-likeness (QED) is 0.617. The molecular weight excluding hydrogens is 252 g/mol. The molecule has 1 saturated carbocycles. The second kappa shape index (κ2) is 6.73. The minimum atomic E-state index is 0.158. The summed E-state index contributed by atoms with van der Waals surface area (Å²) < 4.78 is 12.2. The van der Waals surface area contributed by atoms with E-state index in [9.17, 15) is 0 Å². The molecule has 0 bridgehead atoms. The van der Waals surface area contributed by atoms with Crippen molar-refractivity contribution in [3.05, 3.63) is 0 Å². The van der Waals surface area contributed by atoms with Gasteiger partial charge in [0.15, 0.2) is 0 Å². The summed E-state index contributed by atoms with van der Waals surface area (Å²) >= 11 is 0. The van der Waals surface area contributed by atoms with Crippen molar-refractivity contribution in [1.82, 2.24) is 5.43 Å². The normalized spacial score (nSPS) is 35.9. The summed E-state index contributed by atoms with van der Waals surface area (Å²) in [6.45, 7) is 1.80. The van der Waals surface area contributed by atoms with E-state index >= 15 is 0 Å². The minimum absolute atomic E-state index is 0.158. The predicted octanol–water partition coefficient (Wildman–Crippen LogP) is 2.52. The van der Waals surface area contributed by atoms with Crippen LogP contribution in [-0.2, 0) is 9.47 Å². The lowest BCUT2D eigenvalue weighted by molar-refractivity contribution is -0.132. The zero-order valence-corrected chi connectivity index (χ0v) is 12.6. The SMILES string of the molecule is NNC(C1CCOC2(CCCCC2)C1)C1CCCCO1. The first-order valence-corrected chi connectivity index (χ1v) is 8.55. The topological polar surface area (TPSA) is 56.5 Å². The summed E-state index contributed by atoms with van der Waals surface area (Å²) in [5.74, 6) is 6.49. The van der Waals surface area contributed by atoms with Crippen LogP contribution in [0.3, 0.4) is 0 Å². The fourth-order valence-electron chi connectivity index (χ4n) is 4.51. The number of hydrogen-bond donors (Lipinski definition) is 2. The third-order valence-corrected chi connectivity index (χ3v) is 5.61. The number of ether oxygens (including phenoxy) is 2. The van der Waals surface area contributed by atoms with E-state index in [1.807, 2.05) is 0 Å². The molecule has 20 heavy (non-hydrogen) atoms. The van der Waals surface area contributed by atoms with Gasteiger partial charge in [-0.15, -0.1) is 0 Å². The summed E-state index contributed by atoms with van der Waals surface area (Å²) in [7, 11) is 0. The van der Waals surface area contributed by atoms with E-state index < -0.39 is 0 Å². The molecule has 0 aromatic heterocycles. The molecule has 116 valence electrons. The molecule has 3 unspecified atom stereocenters. The summed E-state index contributed by atoms with van der Waals surface area (Å²) in [5, 5.41) is 0. The van der Waals surface area contributed by atoms with Crippen molar-refractivity contribution in [2.45, 2.75) is 82.0 Å². The number of nitrogens with one attached hydrogen (secondary N) is 1. The molecule has 3 aliphatic rings. The van der Waals surface area contributed by atoms with Crippen LogP contribution in [0.1, 0.15) is 64.2 Å². The first-order chi connectivity index (χ1) is 9.83. The van der Waals surface area contributed by atoms with Crippen molar-refractivity contribution >= 4 is 0 Å². The Labute approximate surface area is 122 Å². The lowest BCUT2D eigenvalue weighted by Gasteiger charge is -2.47. The second-order valence-electron chi connectivity index (χ2n) is 6.94. The van der Waals surface area contributed by atoms with E-state index in [0.717, 1.165) is 26.1 Å². The Morgan fingerprint density at radius 1 is 1.00 bits per heavy atom. The van der Waals surface area contributed by atoms with Crippen LogP contribution in [0.4, 0.5) is 0 Å². The van der Waals surface area contributed by atoms with Gasteiger partial charge in [-0.05, 0) is 50.9 Å². The highest BCUT2D eigenvalue weighted by Gasteiger charge is 2.42. The average Bonchev–Trinajstić information content (AvgIpc) is 2.50. The highest BCUT2D eigenvalue weighted by molar-refractivity contribution is 4.95. The third kappa shape index (κ3) is 3.19. The van der Waals surface area contributed by atoms with Crippen LogP contribution in [0.15, 0.2) is 0 Å². The largest absolute Gasteiger partial charge is 0.377 e. The van der Waals surface area contributed by atoms with Gasteiger partial charge >= 0.3 is 0 Å². The summed E-state index contributed by atoms with van der Waals surface area (Å²) in [5.41, 5.74) is 3.24. The predicted molar refractivity (Wildman–Crippen MR) is 79.2 cm³/mol. The van der Waals surface area contributed by atoms with E-state index in [2.05, 4.69) is 5.43 Å². The molecule has 0 radical (unpaired) electrons. The van der Waals surface area contributed by atoms with Gasteiger partial charge in [0.1, 0.15) is 0 Å². The Morgan fingerprint density at radius 2 is 1.85 bits per heavy atom. The average molecular weight is 282 g/mol. The van der Waals surface area contributed by atoms with E-state index in [1.54, 1.807) is 0 Å². The highest BCUT2D eigenvalue weighted by Crippen LogP contribution is 2.42. The van der Waals surface area contributed by atoms with E-state index in [1.165, 1.54) is 51.4 Å². The van der Waals surface area contributed by atoms with Gasteiger partial charge in [0.05, 0.1) is 17.7 Å². The third-order valence-electron chi connectivity index (χ3n) is 5.61. The van der Waals surface area contributed by atoms with Crippen molar-refractivity contribution in [3.8, 4) is 0 Å². The van der Waals surface area contributed by atoms with Gasteiger partial charge in [0.2, 0.25) is 0 Å². The Hall–Kier alpha value is -0.160. The molecular formula is C16H30N2O2. The molecule has 3 rings (SSSR count). The van der Waals surface area contributed by atoms with Gasteiger partial charge in [-0.3, -0.25) is 11.3 Å². The first kappa shape index (κ1) is 14.8. The van der Waals surface area contributed by atoms with Crippen LogP contribution in [0.2, 0.25) is 0 Å². The van der Waals surface area contributed by atoms with Crippen LogP contribution in [0, 0.1) is 5.92 Å². The molecule has 2 aliphatic heterocycles. The van der Waals surface area contributed by atoms with Gasteiger partial charge in [-0.2, -0.15) is 0 Å². The lowest BCUT2D eigenvalue weighted by Crippen LogP contribution is -2.55.